The van der Waals surface area contributed by atoms with E-state index in [4.69, 9.17) is 4.74 Å². The average Bonchev–Trinajstić information content (AvgIpc) is 2.49. The lowest BCUT2D eigenvalue weighted by molar-refractivity contribution is 0.372. The lowest BCUT2D eigenvalue weighted by Crippen LogP contribution is -2.14. The normalized spacial score (nSPS) is 10.5. The maximum Gasteiger partial charge on any atom is 0.262 e. The van der Waals surface area contributed by atoms with Crippen LogP contribution in [0.2, 0.25) is 0 Å². The summed E-state index contributed by atoms with van der Waals surface area (Å²) >= 11 is 0. The predicted octanol–water partition coefficient (Wildman–Crippen LogP) is 3.20. The molecule has 0 amide bonds. The predicted molar refractivity (Wildman–Crippen MR) is 87.4 cm³/mol. The molecule has 4 nitrogen and oxygen atoms in total. The molecule has 22 heavy (non-hydrogen) atoms. The van der Waals surface area contributed by atoms with Crippen LogP contribution < -0.4 is 9.46 Å². The quantitative estimate of drug-likeness (QED) is 0.862. The molecule has 0 fully saturated rings. The van der Waals surface area contributed by atoms with Gasteiger partial charge in [-0.1, -0.05) is 35.7 Å². The van der Waals surface area contributed by atoms with Gasteiger partial charge in [-0.3, -0.25) is 4.72 Å². The molecule has 1 N–H and O–H groups in total. The van der Waals surface area contributed by atoms with E-state index < -0.39 is 10.0 Å². The van der Waals surface area contributed by atoms with Gasteiger partial charge in [0, 0.05) is 0 Å². The van der Waals surface area contributed by atoms with Crippen LogP contribution in [0.15, 0.2) is 53.4 Å². The van der Waals surface area contributed by atoms with Crippen LogP contribution in [0.3, 0.4) is 0 Å². The van der Waals surface area contributed by atoms with Crippen molar-refractivity contribution in [1.82, 2.24) is 0 Å². The zero-order valence-electron chi connectivity index (χ0n) is 12.5. The summed E-state index contributed by atoms with van der Waals surface area (Å²) in [6.45, 7) is 3.83. The van der Waals surface area contributed by atoms with Crippen LogP contribution in [-0.4, -0.2) is 15.0 Å². The standard InChI is InChI=1S/C17H17NO3S/c1-3-4-13-21-17-8-6-5-7-16(17)18-22(19,20)15-11-9-14(2)10-12-15/h5-12,18H,13H2,1-2H3. The van der Waals surface area contributed by atoms with Gasteiger partial charge < -0.3 is 4.74 Å². The van der Waals surface area contributed by atoms with Gasteiger partial charge in [0.25, 0.3) is 10.0 Å². The highest BCUT2D eigenvalue weighted by Crippen LogP contribution is 2.26. The zero-order valence-corrected chi connectivity index (χ0v) is 13.3. The molecule has 5 heteroatoms. The van der Waals surface area contributed by atoms with Gasteiger partial charge in [-0.25, -0.2) is 8.42 Å². The highest BCUT2D eigenvalue weighted by molar-refractivity contribution is 7.92. The van der Waals surface area contributed by atoms with E-state index in [0.717, 1.165) is 5.56 Å². The van der Waals surface area contributed by atoms with Gasteiger partial charge in [0.05, 0.1) is 10.6 Å². The molecule has 0 aliphatic rings. The van der Waals surface area contributed by atoms with E-state index >= 15 is 0 Å². The molecular weight excluding hydrogens is 298 g/mol. The topological polar surface area (TPSA) is 55.4 Å². The summed E-state index contributed by atoms with van der Waals surface area (Å²) in [4.78, 5) is 0.209. The number of ether oxygens (including phenoxy) is 1. The molecule has 2 aromatic rings. The Bertz CT molecular complexity index is 800. The minimum absolute atomic E-state index is 0.208. The summed E-state index contributed by atoms with van der Waals surface area (Å²) < 4.78 is 32.8. The van der Waals surface area contributed by atoms with E-state index in [2.05, 4.69) is 16.6 Å². The highest BCUT2D eigenvalue weighted by Gasteiger charge is 2.16. The van der Waals surface area contributed by atoms with Gasteiger partial charge in [0.2, 0.25) is 0 Å². The summed E-state index contributed by atoms with van der Waals surface area (Å²) in [6.07, 6.45) is 0. The first-order chi connectivity index (χ1) is 10.5. The molecule has 0 aromatic heterocycles. The SMILES string of the molecule is CC#CCOc1ccccc1NS(=O)(=O)c1ccc(C)cc1. The molecule has 0 atom stereocenters. The first-order valence-corrected chi connectivity index (χ1v) is 8.22. The van der Waals surface area contributed by atoms with Crippen molar-refractivity contribution in [1.29, 1.82) is 0 Å². The minimum atomic E-state index is -3.65. The summed E-state index contributed by atoms with van der Waals surface area (Å²) in [5, 5.41) is 0. The molecule has 0 bridgehead atoms. The van der Waals surface area contributed by atoms with Crippen LogP contribution in [-0.2, 0) is 10.0 Å². The van der Waals surface area contributed by atoms with Crippen LogP contribution in [0.4, 0.5) is 5.69 Å². The molecule has 0 spiro atoms. The lowest BCUT2D eigenvalue weighted by Gasteiger charge is -2.12. The fourth-order valence-electron chi connectivity index (χ4n) is 1.78. The second kappa shape index (κ2) is 7.01. The average molecular weight is 315 g/mol. The number of nitrogens with one attached hydrogen (secondary N) is 1. The van der Waals surface area contributed by atoms with Gasteiger partial charge >= 0.3 is 0 Å². The molecule has 0 radical (unpaired) electrons. The van der Waals surface area contributed by atoms with Crippen LogP contribution in [0, 0.1) is 18.8 Å². The first-order valence-electron chi connectivity index (χ1n) is 6.74. The third-order valence-electron chi connectivity index (χ3n) is 2.94. The molecule has 0 unspecified atom stereocenters. The van der Waals surface area contributed by atoms with Crippen LogP contribution in [0.5, 0.6) is 5.75 Å². The van der Waals surface area contributed by atoms with E-state index in [9.17, 15) is 8.42 Å². The molecule has 114 valence electrons. The van der Waals surface area contributed by atoms with Gasteiger partial charge in [0.1, 0.15) is 12.4 Å². The molecule has 0 aliphatic carbocycles. The van der Waals surface area contributed by atoms with Crippen molar-refractivity contribution in [3.63, 3.8) is 0 Å². The summed E-state index contributed by atoms with van der Waals surface area (Å²) in [7, 11) is -3.65. The van der Waals surface area contributed by atoms with E-state index in [1.54, 1.807) is 55.5 Å². The fraction of sp³-hybridized carbons (Fsp3) is 0.176. The second-order valence-corrected chi connectivity index (χ2v) is 6.31. The monoisotopic (exact) mass is 315 g/mol. The Morgan fingerprint density at radius 1 is 1.09 bits per heavy atom. The van der Waals surface area contributed by atoms with Crippen molar-refractivity contribution in [2.45, 2.75) is 18.7 Å². The number of aryl methyl sites for hydroxylation is 1. The Morgan fingerprint density at radius 3 is 2.45 bits per heavy atom. The molecular formula is C17H17NO3S. The van der Waals surface area contributed by atoms with Gasteiger partial charge in [-0.05, 0) is 38.1 Å². The van der Waals surface area contributed by atoms with Crippen molar-refractivity contribution in [3.05, 3.63) is 54.1 Å². The number of anilines is 1. The van der Waals surface area contributed by atoms with E-state index in [1.165, 1.54) is 0 Å². The maximum absolute atomic E-state index is 12.4. The fourth-order valence-corrected chi connectivity index (χ4v) is 2.85. The largest absolute Gasteiger partial charge is 0.479 e. The minimum Gasteiger partial charge on any atom is -0.479 e. The van der Waals surface area contributed by atoms with Crippen molar-refractivity contribution >= 4 is 15.7 Å². The van der Waals surface area contributed by atoms with Crippen molar-refractivity contribution in [3.8, 4) is 17.6 Å². The second-order valence-electron chi connectivity index (χ2n) is 4.63. The van der Waals surface area contributed by atoms with E-state index in [0.29, 0.717) is 11.4 Å². The summed E-state index contributed by atoms with van der Waals surface area (Å²) in [5.41, 5.74) is 1.39. The number of sulfonamides is 1. The van der Waals surface area contributed by atoms with Crippen molar-refractivity contribution in [2.75, 3.05) is 11.3 Å². The lowest BCUT2D eigenvalue weighted by atomic mass is 10.2. The van der Waals surface area contributed by atoms with E-state index in [-0.39, 0.29) is 11.5 Å². The Hall–Kier alpha value is -2.45. The first kappa shape index (κ1) is 15.9. The summed E-state index contributed by atoms with van der Waals surface area (Å²) in [5.74, 6) is 5.94. The third kappa shape index (κ3) is 4.03. The Kier molecular flexibility index (Phi) is 5.08. The molecule has 0 saturated carbocycles. The molecule has 0 saturated heterocycles. The van der Waals surface area contributed by atoms with Crippen LogP contribution in [0.1, 0.15) is 12.5 Å². The number of hydrogen-bond donors (Lipinski definition) is 1. The molecule has 0 heterocycles. The smallest absolute Gasteiger partial charge is 0.262 e. The zero-order chi connectivity index (χ0) is 16.0. The third-order valence-corrected chi connectivity index (χ3v) is 4.32. The van der Waals surface area contributed by atoms with Gasteiger partial charge in [0.15, 0.2) is 0 Å². The molecule has 0 aliphatic heterocycles. The van der Waals surface area contributed by atoms with Crippen LogP contribution >= 0.6 is 0 Å². The molecule has 2 aromatic carbocycles. The Balaban J connectivity index is 2.25. The summed E-state index contributed by atoms with van der Waals surface area (Å²) in [6, 6.07) is 13.5. The Morgan fingerprint density at radius 2 is 1.77 bits per heavy atom. The number of rotatable bonds is 5. The van der Waals surface area contributed by atoms with Crippen LogP contribution in [0.25, 0.3) is 0 Å². The molecule has 2 rings (SSSR count). The number of para-hydroxylation sites is 2. The van der Waals surface area contributed by atoms with Crippen molar-refractivity contribution in [2.24, 2.45) is 0 Å². The highest BCUT2D eigenvalue weighted by atomic mass is 32.2. The van der Waals surface area contributed by atoms with E-state index in [1.807, 2.05) is 6.92 Å². The maximum atomic E-state index is 12.4. The number of benzene rings is 2. The number of hydrogen-bond acceptors (Lipinski definition) is 3. The van der Waals surface area contributed by atoms with Crippen molar-refractivity contribution < 1.29 is 13.2 Å². The Labute approximate surface area is 131 Å². The van der Waals surface area contributed by atoms with Gasteiger partial charge in [-0.2, -0.15) is 0 Å². The van der Waals surface area contributed by atoms with Gasteiger partial charge in [-0.15, -0.1) is 5.92 Å².